The summed E-state index contributed by atoms with van der Waals surface area (Å²) in [5, 5.41) is 25.5. The lowest BCUT2D eigenvalue weighted by molar-refractivity contribution is -0.384. The van der Waals surface area contributed by atoms with E-state index in [1.807, 2.05) is 30.3 Å². The van der Waals surface area contributed by atoms with Crippen molar-refractivity contribution in [3.8, 4) is 17.0 Å². The maximum absolute atomic E-state index is 11.0. The van der Waals surface area contributed by atoms with Gasteiger partial charge in [-0.1, -0.05) is 58.4 Å². The maximum Gasteiger partial charge on any atom is 0.270 e. The van der Waals surface area contributed by atoms with Crippen LogP contribution in [-0.2, 0) is 0 Å². The molecule has 0 saturated heterocycles. The summed E-state index contributed by atoms with van der Waals surface area (Å²) in [5.41, 5.74) is 2.60. The SMILES string of the molecule is O=[N+]([O-])c1cccc(/C=N\n2cc(-c3ccccc3)nc2/N=C/c2cc(Br)ccc2O)c1. The van der Waals surface area contributed by atoms with Gasteiger partial charge in [-0.3, -0.25) is 10.1 Å². The van der Waals surface area contributed by atoms with E-state index in [9.17, 15) is 15.2 Å². The van der Waals surface area contributed by atoms with Crippen molar-refractivity contribution in [2.75, 3.05) is 0 Å². The van der Waals surface area contributed by atoms with Crippen LogP contribution in [0.2, 0.25) is 0 Å². The number of phenols is 1. The summed E-state index contributed by atoms with van der Waals surface area (Å²) in [5.74, 6) is 0.364. The zero-order chi connectivity index (χ0) is 22.5. The minimum Gasteiger partial charge on any atom is -0.507 e. The molecule has 0 aliphatic heterocycles. The Morgan fingerprint density at radius 1 is 1.03 bits per heavy atom. The number of benzene rings is 3. The third-order valence-electron chi connectivity index (χ3n) is 4.46. The highest BCUT2D eigenvalue weighted by Gasteiger charge is 2.09. The lowest BCUT2D eigenvalue weighted by atomic mass is 10.2. The van der Waals surface area contributed by atoms with Gasteiger partial charge in [0.1, 0.15) is 5.75 Å². The van der Waals surface area contributed by atoms with Gasteiger partial charge in [0.05, 0.1) is 23.0 Å². The number of non-ortho nitro benzene ring substituents is 1. The van der Waals surface area contributed by atoms with Gasteiger partial charge < -0.3 is 5.11 Å². The van der Waals surface area contributed by atoms with Crippen LogP contribution in [0, 0.1) is 10.1 Å². The van der Waals surface area contributed by atoms with E-state index in [0.29, 0.717) is 16.8 Å². The molecule has 0 unspecified atom stereocenters. The first-order valence-corrected chi connectivity index (χ1v) is 10.2. The second kappa shape index (κ2) is 9.36. The van der Waals surface area contributed by atoms with Crippen molar-refractivity contribution >= 4 is 40.0 Å². The quantitative estimate of drug-likeness (QED) is 0.217. The monoisotopic (exact) mass is 489 g/mol. The van der Waals surface area contributed by atoms with Crippen LogP contribution in [0.15, 0.2) is 93.6 Å². The van der Waals surface area contributed by atoms with Crippen LogP contribution in [0.3, 0.4) is 0 Å². The van der Waals surface area contributed by atoms with E-state index in [1.165, 1.54) is 29.2 Å². The summed E-state index contributed by atoms with van der Waals surface area (Å²) in [7, 11) is 0. The number of aromatic hydroxyl groups is 1. The highest BCUT2D eigenvalue weighted by molar-refractivity contribution is 9.10. The molecule has 0 aliphatic carbocycles. The van der Waals surface area contributed by atoms with E-state index in [0.717, 1.165) is 10.0 Å². The Labute approximate surface area is 191 Å². The molecule has 1 aromatic heterocycles. The minimum atomic E-state index is -0.456. The normalized spacial score (nSPS) is 11.4. The van der Waals surface area contributed by atoms with E-state index in [4.69, 9.17) is 0 Å². The van der Waals surface area contributed by atoms with Gasteiger partial charge >= 0.3 is 0 Å². The number of nitro benzene ring substituents is 1. The second-order valence-electron chi connectivity index (χ2n) is 6.69. The lowest BCUT2D eigenvalue weighted by Crippen LogP contribution is -1.92. The van der Waals surface area contributed by atoms with Gasteiger partial charge in [-0.25, -0.2) is 14.7 Å². The Bertz CT molecular complexity index is 1330. The number of rotatable bonds is 6. The van der Waals surface area contributed by atoms with Crippen molar-refractivity contribution in [3.63, 3.8) is 0 Å². The summed E-state index contributed by atoms with van der Waals surface area (Å²) >= 11 is 3.37. The summed E-state index contributed by atoms with van der Waals surface area (Å²) in [4.78, 5) is 19.5. The number of nitrogens with zero attached hydrogens (tertiary/aromatic N) is 5. The first-order chi connectivity index (χ1) is 15.5. The van der Waals surface area contributed by atoms with E-state index >= 15 is 0 Å². The van der Waals surface area contributed by atoms with Crippen LogP contribution < -0.4 is 0 Å². The molecule has 0 radical (unpaired) electrons. The zero-order valence-corrected chi connectivity index (χ0v) is 18.1. The van der Waals surface area contributed by atoms with E-state index in [-0.39, 0.29) is 17.4 Å². The molecule has 4 aromatic rings. The Kier molecular flexibility index (Phi) is 6.18. The van der Waals surface area contributed by atoms with Gasteiger partial charge in [0.15, 0.2) is 0 Å². The highest BCUT2D eigenvalue weighted by Crippen LogP contribution is 2.24. The van der Waals surface area contributed by atoms with Crippen molar-refractivity contribution in [1.29, 1.82) is 0 Å². The number of hydrogen-bond acceptors (Lipinski definition) is 6. The molecule has 1 heterocycles. The largest absolute Gasteiger partial charge is 0.507 e. The molecule has 0 amide bonds. The van der Waals surface area contributed by atoms with Crippen molar-refractivity contribution in [2.45, 2.75) is 0 Å². The minimum absolute atomic E-state index is 0.0204. The van der Waals surface area contributed by atoms with Crippen LogP contribution >= 0.6 is 15.9 Å². The number of aliphatic imine (C=N–C) groups is 1. The van der Waals surface area contributed by atoms with Gasteiger partial charge in [0, 0.05) is 39.5 Å². The van der Waals surface area contributed by atoms with Gasteiger partial charge in [-0.2, -0.15) is 5.10 Å². The number of phenolic OH excluding ortho intramolecular Hbond substituents is 1. The van der Waals surface area contributed by atoms with Gasteiger partial charge in [0.25, 0.3) is 11.6 Å². The molecule has 0 fully saturated rings. The number of nitro groups is 1. The second-order valence-corrected chi connectivity index (χ2v) is 7.61. The third-order valence-corrected chi connectivity index (χ3v) is 4.95. The molecule has 0 bridgehead atoms. The number of halogens is 1. The Morgan fingerprint density at radius 3 is 2.62 bits per heavy atom. The van der Waals surface area contributed by atoms with Crippen LogP contribution in [0.25, 0.3) is 11.3 Å². The molecule has 32 heavy (non-hydrogen) atoms. The standard InChI is InChI=1S/C23H16BrN5O3/c24-19-9-10-22(30)18(12-19)14-25-23-27-21(17-6-2-1-3-7-17)15-28(23)26-13-16-5-4-8-20(11-16)29(31)32/h1-15,30H/b25-14+,26-13-. The molecule has 3 aromatic carbocycles. The highest BCUT2D eigenvalue weighted by atomic mass is 79.9. The Balaban J connectivity index is 1.72. The van der Waals surface area contributed by atoms with Gasteiger partial charge in [0.2, 0.25) is 0 Å². The molecular formula is C23H16BrN5O3. The molecule has 8 nitrogen and oxygen atoms in total. The third kappa shape index (κ3) is 4.96. The van der Waals surface area contributed by atoms with Crippen LogP contribution in [0.5, 0.6) is 5.75 Å². The Morgan fingerprint density at radius 2 is 1.84 bits per heavy atom. The number of hydrogen-bond donors (Lipinski definition) is 1. The first kappa shape index (κ1) is 21.1. The smallest absolute Gasteiger partial charge is 0.270 e. The van der Waals surface area contributed by atoms with Crippen molar-refractivity contribution in [1.82, 2.24) is 9.66 Å². The molecule has 9 heteroatoms. The zero-order valence-electron chi connectivity index (χ0n) is 16.5. The predicted molar refractivity (Wildman–Crippen MR) is 127 cm³/mol. The molecule has 0 saturated carbocycles. The molecule has 0 spiro atoms. The summed E-state index contributed by atoms with van der Waals surface area (Å²) in [6.07, 6.45) is 4.71. The molecule has 158 valence electrons. The fraction of sp³-hybridized carbons (Fsp3) is 0. The summed E-state index contributed by atoms with van der Waals surface area (Å²) in [6, 6.07) is 20.8. The van der Waals surface area contributed by atoms with E-state index in [2.05, 4.69) is 31.0 Å². The molecule has 0 atom stereocenters. The predicted octanol–water partition coefficient (Wildman–Crippen LogP) is 5.56. The number of aromatic nitrogens is 2. The fourth-order valence-electron chi connectivity index (χ4n) is 2.89. The van der Waals surface area contributed by atoms with E-state index < -0.39 is 4.92 Å². The molecular weight excluding hydrogens is 474 g/mol. The van der Waals surface area contributed by atoms with Crippen LogP contribution in [0.4, 0.5) is 11.6 Å². The maximum atomic E-state index is 11.0. The topological polar surface area (TPSA) is 106 Å². The average Bonchev–Trinajstić information content (AvgIpc) is 3.22. The fourth-order valence-corrected chi connectivity index (χ4v) is 3.26. The van der Waals surface area contributed by atoms with Crippen LogP contribution in [-0.4, -0.2) is 32.1 Å². The van der Waals surface area contributed by atoms with Gasteiger partial charge in [-0.15, -0.1) is 0 Å². The van der Waals surface area contributed by atoms with Gasteiger partial charge in [-0.05, 0) is 18.2 Å². The lowest BCUT2D eigenvalue weighted by Gasteiger charge is -2.00. The van der Waals surface area contributed by atoms with Crippen molar-refractivity contribution < 1.29 is 10.0 Å². The van der Waals surface area contributed by atoms with E-state index in [1.54, 1.807) is 36.5 Å². The molecule has 4 rings (SSSR count). The molecule has 0 aliphatic rings. The Hall–Kier alpha value is -4.11. The summed E-state index contributed by atoms with van der Waals surface area (Å²) in [6.45, 7) is 0. The first-order valence-electron chi connectivity index (χ1n) is 9.46. The molecule has 1 N–H and O–H groups in total. The van der Waals surface area contributed by atoms with Crippen LogP contribution in [0.1, 0.15) is 11.1 Å². The summed E-state index contributed by atoms with van der Waals surface area (Å²) < 4.78 is 2.28. The average molecular weight is 490 g/mol. The van der Waals surface area contributed by atoms with Crippen molar-refractivity contribution in [2.24, 2.45) is 10.1 Å². The van der Waals surface area contributed by atoms with Crippen molar-refractivity contribution in [3.05, 3.63) is 105 Å². The number of imidazole rings is 1.